The molecule has 164 valence electrons. The van der Waals surface area contributed by atoms with E-state index in [0.29, 0.717) is 43.0 Å². The molecule has 4 heterocycles. The van der Waals surface area contributed by atoms with E-state index in [2.05, 4.69) is 25.3 Å². The normalized spacial score (nSPS) is 11.6. The van der Waals surface area contributed by atoms with Gasteiger partial charge in [0.05, 0.1) is 5.69 Å². The molecular weight excluding hydrogens is 426 g/mol. The van der Waals surface area contributed by atoms with Crippen molar-refractivity contribution in [1.82, 2.24) is 34.4 Å². The number of nitrogens with one attached hydrogen (secondary N) is 1. The second-order valence-electron chi connectivity index (χ2n) is 7.28. The van der Waals surface area contributed by atoms with Crippen molar-refractivity contribution >= 4 is 22.8 Å². The molecule has 4 aromatic rings. The Bertz CT molecular complexity index is 1310. The Balaban J connectivity index is 1.46. The predicted octanol–water partition coefficient (Wildman–Crippen LogP) is 2.71. The number of hydrogen-bond donors (Lipinski definition) is 1. The first-order valence-corrected chi connectivity index (χ1v) is 10.5. The lowest BCUT2D eigenvalue weighted by molar-refractivity contribution is 0.379. The van der Waals surface area contributed by atoms with Gasteiger partial charge in [-0.25, -0.2) is 4.79 Å². The van der Waals surface area contributed by atoms with Crippen molar-refractivity contribution in [2.24, 2.45) is 0 Å². The highest BCUT2D eigenvalue weighted by Gasteiger charge is 2.17. The van der Waals surface area contributed by atoms with E-state index in [1.807, 2.05) is 6.92 Å². The predicted molar refractivity (Wildman–Crippen MR) is 112 cm³/mol. The second kappa shape index (κ2) is 8.88. The van der Waals surface area contributed by atoms with Gasteiger partial charge in [0, 0.05) is 25.6 Å². The first kappa shape index (κ1) is 21.0. The molecule has 0 aliphatic carbocycles. The quantitative estimate of drug-likeness (QED) is 0.305. The molecule has 31 heavy (non-hydrogen) atoms. The summed E-state index contributed by atoms with van der Waals surface area (Å²) in [6.45, 7) is 4.57. The summed E-state index contributed by atoms with van der Waals surface area (Å²) in [4.78, 5) is 36.9. The molecule has 0 saturated heterocycles. The Morgan fingerprint density at radius 1 is 1.06 bits per heavy atom. The summed E-state index contributed by atoms with van der Waals surface area (Å²) in [6.07, 6.45) is 3.49. The third kappa shape index (κ3) is 4.31. The lowest BCUT2D eigenvalue weighted by atomic mass is 10.2. The SMILES string of the molecule is CCCCn1c(=O)n(CCCCc2noc(-c3cc(C)no3)n2)c(=O)c2[nH]c(Cl)nc21. The van der Waals surface area contributed by atoms with Crippen LogP contribution in [-0.2, 0) is 19.5 Å². The van der Waals surface area contributed by atoms with Gasteiger partial charge in [0.25, 0.3) is 11.4 Å². The van der Waals surface area contributed by atoms with Crippen molar-refractivity contribution in [1.29, 1.82) is 0 Å². The summed E-state index contributed by atoms with van der Waals surface area (Å²) < 4.78 is 13.0. The van der Waals surface area contributed by atoms with Crippen molar-refractivity contribution in [2.75, 3.05) is 0 Å². The van der Waals surface area contributed by atoms with Crippen LogP contribution < -0.4 is 11.2 Å². The zero-order valence-corrected chi connectivity index (χ0v) is 18.0. The lowest BCUT2D eigenvalue weighted by Gasteiger charge is -2.10. The van der Waals surface area contributed by atoms with Gasteiger partial charge in [-0.15, -0.1) is 0 Å². The molecule has 12 heteroatoms. The molecule has 0 saturated carbocycles. The number of aromatic nitrogens is 7. The highest BCUT2D eigenvalue weighted by atomic mass is 35.5. The van der Waals surface area contributed by atoms with E-state index in [0.717, 1.165) is 18.5 Å². The van der Waals surface area contributed by atoms with Gasteiger partial charge >= 0.3 is 5.69 Å². The minimum Gasteiger partial charge on any atom is -0.351 e. The van der Waals surface area contributed by atoms with E-state index in [1.54, 1.807) is 13.0 Å². The first-order chi connectivity index (χ1) is 15.0. The van der Waals surface area contributed by atoms with E-state index in [1.165, 1.54) is 9.13 Å². The lowest BCUT2D eigenvalue weighted by Crippen LogP contribution is -2.40. The Kier molecular flexibility index (Phi) is 6.03. The molecule has 0 bridgehead atoms. The van der Waals surface area contributed by atoms with E-state index in [-0.39, 0.29) is 28.9 Å². The summed E-state index contributed by atoms with van der Waals surface area (Å²) >= 11 is 5.94. The monoisotopic (exact) mass is 447 g/mol. The number of nitrogens with zero attached hydrogens (tertiary/aromatic N) is 6. The molecule has 0 amide bonds. The number of halogens is 1. The van der Waals surface area contributed by atoms with Crippen LogP contribution in [0.1, 0.15) is 44.1 Å². The summed E-state index contributed by atoms with van der Waals surface area (Å²) in [5, 5.41) is 7.82. The molecule has 1 N–H and O–H groups in total. The average Bonchev–Trinajstić information content (AvgIpc) is 3.47. The fourth-order valence-electron chi connectivity index (χ4n) is 3.33. The Labute approximate surface area is 181 Å². The van der Waals surface area contributed by atoms with Gasteiger partial charge in [-0.2, -0.15) is 9.97 Å². The van der Waals surface area contributed by atoms with E-state index in [9.17, 15) is 9.59 Å². The number of unbranched alkanes of at least 4 members (excludes halogenated alkanes) is 2. The van der Waals surface area contributed by atoms with E-state index in [4.69, 9.17) is 20.6 Å². The highest BCUT2D eigenvalue weighted by molar-refractivity contribution is 6.28. The van der Waals surface area contributed by atoms with Crippen LogP contribution in [-0.4, -0.2) is 34.4 Å². The third-order valence-corrected chi connectivity index (χ3v) is 5.09. The van der Waals surface area contributed by atoms with Gasteiger partial charge < -0.3 is 14.0 Å². The summed E-state index contributed by atoms with van der Waals surface area (Å²) in [6, 6.07) is 1.71. The topological polar surface area (TPSA) is 138 Å². The zero-order valence-electron chi connectivity index (χ0n) is 17.2. The molecular formula is C19H22ClN7O4. The van der Waals surface area contributed by atoms with Gasteiger partial charge in [0.1, 0.15) is 0 Å². The molecule has 0 unspecified atom stereocenters. The van der Waals surface area contributed by atoms with Crippen molar-refractivity contribution in [3.63, 3.8) is 0 Å². The summed E-state index contributed by atoms with van der Waals surface area (Å²) in [7, 11) is 0. The molecule has 0 atom stereocenters. The van der Waals surface area contributed by atoms with Crippen molar-refractivity contribution < 1.29 is 9.05 Å². The minimum atomic E-state index is -0.422. The summed E-state index contributed by atoms with van der Waals surface area (Å²) in [5.74, 6) is 1.21. The fourth-order valence-corrected chi connectivity index (χ4v) is 3.50. The van der Waals surface area contributed by atoms with Crippen molar-refractivity contribution in [2.45, 2.75) is 59.0 Å². The third-order valence-electron chi connectivity index (χ3n) is 4.91. The fraction of sp³-hybridized carbons (Fsp3) is 0.474. The van der Waals surface area contributed by atoms with Crippen molar-refractivity contribution in [3.8, 4) is 11.7 Å². The molecule has 4 rings (SSSR count). The van der Waals surface area contributed by atoms with Gasteiger partial charge in [-0.3, -0.25) is 13.9 Å². The van der Waals surface area contributed by atoms with Crippen LogP contribution in [0.3, 0.4) is 0 Å². The van der Waals surface area contributed by atoms with E-state index >= 15 is 0 Å². The standard InChI is InChI=1S/C19H22ClN7O4/c1-3-4-8-26-15-14(22-18(20)23-15)17(28)27(19(26)29)9-6-5-7-13-21-16(31-25-13)12-10-11(2)24-30-12/h10H,3-9H2,1-2H3,(H,22,23). The largest absolute Gasteiger partial charge is 0.351 e. The molecule has 4 aromatic heterocycles. The van der Waals surface area contributed by atoms with Crippen LogP contribution in [0.4, 0.5) is 0 Å². The summed E-state index contributed by atoms with van der Waals surface area (Å²) in [5.41, 5.74) is 0.462. The number of imidazole rings is 1. The minimum absolute atomic E-state index is 0.0874. The molecule has 0 aromatic carbocycles. The van der Waals surface area contributed by atoms with E-state index < -0.39 is 5.56 Å². The maximum Gasteiger partial charge on any atom is 0.332 e. The number of aryl methyl sites for hydroxylation is 3. The molecule has 0 spiro atoms. The molecule has 0 radical (unpaired) electrons. The number of hydrogen-bond acceptors (Lipinski definition) is 8. The Morgan fingerprint density at radius 3 is 2.61 bits per heavy atom. The second-order valence-corrected chi connectivity index (χ2v) is 7.63. The highest BCUT2D eigenvalue weighted by Crippen LogP contribution is 2.18. The van der Waals surface area contributed by atoms with Gasteiger partial charge in [0.15, 0.2) is 17.0 Å². The van der Waals surface area contributed by atoms with Gasteiger partial charge in [0.2, 0.25) is 11.0 Å². The Morgan fingerprint density at radius 2 is 1.87 bits per heavy atom. The molecule has 11 nitrogen and oxygen atoms in total. The van der Waals surface area contributed by atoms with Crippen LogP contribution in [0, 0.1) is 6.92 Å². The maximum absolute atomic E-state index is 12.9. The van der Waals surface area contributed by atoms with Crippen LogP contribution in [0.15, 0.2) is 24.7 Å². The first-order valence-electron chi connectivity index (χ1n) is 10.1. The van der Waals surface area contributed by atoms with Crippen LogP contribution in [0.5, 0.6) is 0 Å². The molecule has 0 aliphatic rings. The number of fused-ring (bicyclic) bond motifs is 1. The number of rotatable bonds is 9. The zero-order chi connectivity index (χ0) is 22.0. The van der Waals surface area contributed by atoms with Crippen LogP contribution in [0.2, 0.25) is 5.28 Å². The number of aromatic amines is 1. The molecule has 0 fully saturated rings. The Hall–Kier alpha value is -3.21. The molecule has 0 aliphatic heterocycles. The van der Waals surface area contributed by atoms with Crippen LogP contribution in [0.25, 0.3) is 22.8 Å². The smallest absolute Gasteiger partial charge is 0.332 e. The van der Waals surface area contributed by atoms with Gasteiger partial charge in [-0.05, 0) is 37.8 Å². The average molecular weight is 448 g/mol. The van der Waals surface area contributed by atoms with Gasteiger partial charge in [-0.1, -0.05) is 23.7 Å². The van der Waals surface area contributed by atoms with Crippen LogP contribution >= 0.6 is 11.6 Å². The van der Waals surface area contributed by atoms with Crippen molar-refractivity contribution in [3.05, 3.63) is 43.7 Å². The number of H-pyrrole nitrogens is 1. The maximum atomic E-state index is 12.9.